The monoisotopic (exact) mass is 352 g/mol. The first kappa shape index (κ1) is 17.2. The van der Waals surface area contributed by atoms with Crippen molar-refractivity contribution in [3.63, 3.8) is 0 Å². The molecule has 0 aromatic heterocycles. The van der Waals surface area contributed by atoms with Crippen molar-refractivity contribution in [1.82, 2.24) is 9.80 Å². The lowest BCUT2D eigenvalue weighted by Crippen LogP contribution is -2.27. The van der Waals surface area contributed by atoms with Crippen LogP contribution >= 0.6 is 0 Å². The van der Waals surface area contributed by atoms with E-state index in [1.807, 2.05) is 29.2 Å². The zero-order chi connectivity index (χ0) is 17.9. The number of likely N-dealkylation sites (tertiary alicyclic amines) is 2. The van der Waals surface area contributed by atoms with E-state index in [2.05, 4.69) is 17.0 Å². The Hall–Kier alpha value is -2.20. The van der Waals surface area contributed by atoms with E-state index in [1.54, 1.807) is 12.1 Å². The molecule has 0 unspecified atom stereocenters. The minimum atomic E-state index is -0.184. The molecule has 1 amide bonds. The first-order chi connectivity index (χ1) is 12.7. The lowest BCUT2D eigenvalue weighted by atomic mass is 10.0. The second-order valence-corrected chi connectivity index (χ2v) is 7.38. The molecular formula is C22H25FN2O. The number of amides is 1. The predicted octanol–water partition coefficient (Wildman–Crippen LogP) is 4.40. The van der Waals surface area contributed by atoms with Crippen molar-refractivity contribution in [3.8, 4) is 0 Å². The molecule has 0 N–H and O–H groups in total. The molecule has 4 rings (SSSR count). The van der Waals surface area contributed by atoms with Crippen molar-refractivity contribution in [2.24, 2.45) is 0 Å². The van der Waals surface area contributed by atoms with Crippen molar-refractivity contribution >= 4 is 5.91 Å². The van der Waals surface area contributed by atoms with Crippen LogP contribution < -0.4 is 0 Å². The summed E-state index contributed by atoms with van der Waals surface area (Å²) < 4.78 is 13.2. The highest BCUT2D eigenvalue weighted by Gasteiger charge is 2.26. The molecular weight excluding hydrogens is 327 g/mol. The van der Waals surface area contributed by atoms with Crippen LogP contribution in [0.15, 0.2) is 48.5 Å². The maximum absolute atomic E-state index is 13.2. The van der Waals surface area contributed by atoms with Crippen LogP contribution in [0.1, 0.15) is 53.2 Å². The summed E-state index contributed by atoms with van der Waals surface area (Å²) in [7, 11) is 0. The summed E-state index contributed by atoms with van der Waals surface area (Å²) in [5, 5.41) is 0. The van der Waals surface area contributed by atoms with Gasteiger partial charge in [0.1, 0.15) is 5.82 Å². The molecule has 3 nitrogen and oxygen atoms in total. The van der Waals surface area contributed by atoms with Gasteiger partial charge in [-0.2, -0.15) is 0 Å². The molecule has 1 atom stereocenters. The number of nitrogens with zero attached hydrogens (tertiary/aromatic N) is 2. The van der Waals surface area contributed by atoms with E-state index in [4.69, 9.17) is 0 Å². The number of carbonyl (C=O) groups is 1. The highest BCUT2D eigenvalue weighted by molar-refractivity contribution is 5.94. The van der Waals surface area contributed by atoms with Crippen molar-refractivity contribution in [2.75, 3.05) is 19.6 Å². The highest BCUT2D eigenvalue weighted by atomic mass is 19.1. The van der Waals surface area contributed by atoms with Gasteiger partial charge in [0.25, 0.3) is 5.91 Å². The summed E-state index contributed by atoms with van der Waals surface area (Å²) in [5.74, 6) is -0.0315. The lowest BCUT2D eigenvalue weighted by Gasteiger charge is -2.25. The summed E-state index contributed by atoms with van der Waals surface area (Å²) in [6.07, 6.45) is 4.50. The van der Waals surface area contributed by atoms with Crippen LogP contribution in [0.25, 0.3) is 0 Å². The molecule has 26 heavy (non-hydrogen) atoms. The van der Waals surface area contributed by atoms with E-state index >= 15 is 0 Å². The quantitative estimate of drug-likeness (QED) is 0.814. The summed E-state index contributed by atoms with van der Waals surface area (Å²) >= 11 is 0. The molecule has 0 radical (unpaired) electrons. The summed E-state index contributed by atoms with van der Waals surface area (Å²) in [6, 6.07) is 15.3. The summed E-state index contributed by atoms with van der Waals surface area (Å²) in [4.78, 5) is 16.8. The number of halogens is 1. The molecule has 0 bridgehead atoms. The fourth-order valence-electron chi connectivity index (χ4n) is 4.17. The van der Waals surface area contributed by atoms with E-state index < -0.39 is 0 Å². The third-order valence-corrected chi connectivity index (χ3v) is 5.60. The van der Waals surface area contributed by atoms with Crippen LogP contribution in [0, 0.1) is 5.82 Å². The molecule has 2 aromatic carbocycles. The average Bonchev–Trinajstić information content (AvgIpc) is 3.35. The maximum atomic E-state index is 13.2. The zero-order valence-electron chi connectivity index (χ0n) is 15.0. The molecule has 0 aliphatic carbocycles. The molecule has 4 heteroatoms. The van der Waals surface area contributed by atoms with Gasteiger partial charge < -0.3 is 4.90 Å². The van der Waals surface area contributed by atoms with Crippen molar-refractivity contribution in [1.29, 1.82) is 0 Å². The highest BCUT2D eigenvalue weighted by Crippen LogP contribution is 2.33. The Morgan fingerprint density at radius 2 is 1.62 bits per heavy atom. The Kier molecular flexibility index (Phi) is 5.02. The number of rotatable bonds is 4. The fraction of sp³-hybridized carbons (Fsp3) is 0.409. The largest absolute Gasteiger partial charge is 0.339 e. The third-order valence-electron chi connectivity index (χ3n) is 5.60. The van der Waals surface area contributed by atoms with Gasteiger partial charge in [0.15, 0.2) is 0 Å². The molecule has 0 saturated carbocycles. The topological polar surface area (TPSA) is 23.6 Å². The summed E-state index contributed by atoms with van der Waals surface area (Å²) in [6.45, 7) is 3.68. The van der Waals surface area contributed by atoms with Crippen LogP contribution in [0.4, 0.5) is 4.39 Å². The van der Waals surface area contributed by atoms with Gasteiger partial charge in [-0.15, -0.1) is 0 Å². The predicted molar refractivity (Wildman–Crippen MR) is 100 cm³/mol. The van der Waals surface area contributed by atoms with E-state index in [1.165, 1.54) is 11.1 Å². The first-order valence-corrected chi connectivity index (χ1v) is 9.58. The minimum Gasteiger partial charge on any atom is -0.339 e. The average molecular weight is 352 g/mol. The standard InChI is InChI=1S/C22H25FN2O/c23-20-11-9-18(10-12-20)21-4-3-15-25(21)16-17-5-7-19(8-6-17)22(26)24-13-1-2-14-24/h5-12,21H,1-4,13-16H2/t21-/m0/s1. The van der Waals surface area contributed by atoms with Gasteiger partial charge in [-0.25, -0.2) is 4.39 Å². The van der Waals surface area contributed by atoms with Crippen molar-refractivity contribution in [3.05, 3.63) is 71.0 Å². The van der Waals surface area contributed by atoms with Gasteiger partial charge >= 0.3 is 0 Å². The normalized spacial score (nSPS) is 20.7. The van der Waals surface area contributed by atoms with Gasteiger partial charge in [-0.1, -0.05) is 24.3 Å². The number of hydrogen-bond acceptors (Lipinski definition) is 2. The molecule has 2 aliphatic rings. The third kappa shape index (κ3) is 3.65. The molecule has 136 valence electrons. The van der Waals surface area contributed by atoms with E-state index in [0.717, 1.165) is 57.4 Å². The van der Waals surface area contributed by atoms with E-state index in [-0.39, 0.29) is 11.7 Å². The second kappa shape index (κ2) is 7.58. The maximum Gasteiger partial charge on any atom is 0.253 e. The molecule has 2 saturated heterocycles. The molecule has 0 spiro atoms. The molecule has 2 heterocycles. The van der Waals surface area contributed by atoms with Gasteiger partial charge in [-0.3, -0.25) is 9.69 Å². The van der Waals surface area contributed by atoms with Crippen molar-refractivity contribution < 1.29 is 9.18 Å². The molecule has 2 aromatic rings. The van der Waals surface area contributed by atoms with E-state index in [0.29, 0.717) is 6.04 Å². The minimum absolute atomic E-state index is 0.152. The Balaban J connectivity index is 1.43. The van der Waals surface area contributed by atoms with Crippen LogP contribution in [0.2, 0.25) is 0 Å². The first-order valence-electron chi connectivity index (χ1n) is 9.58. The van der Waals surface area contributed by atoms with Crippen LogP contribution in [0.5, 0.6) is 0 Å². The Morgan fingerprint density at radius 1 is 0.923 bits per heavy atom. The second-order valence-electron chi connectivity index (χ2n) is 7.38. The zero-order valence-corrected chi connectivity index (χ0v) is 15.0. The Morgan fingerprint density at radius 3 is 2.31 bits per heavy atom. The van der Waals surface area contributed by atoms with Crippen LogP contribution in [-0.4, -0.2) is 35.3 Å². The van der Waals surface area contributed by atoms with Gasteiger partial charge in [-0.05, 0) is 67.6 Å². The van der Waals surface area contributed by atoms with Gasteiger partial charge in [0.2, 0.25) is 0 Å². The van der Waals surface area contributed by atoms with Gasteiger partial charge in [0.05, 0.1) is 0 Å². The number of benzene rings is 2. The van der Waals surface area contributed by atoms with Crippen molar-refractivity contribution in [2.45, 2.75) is 38.3 Å². The lowest BCUT2D eigenvalue weighted by molar-refractivity contribution is 0.0793. The van der Waals surface area contributed by atoms with Crippen LogP contribution in [0.3, 0.4) is 0 Å². The number of hydrogen-bond donors (Lipinski definition) is 0. The Labute approximate surface area is 154 Å². The molecule has 2 fully saturated rings. The number of carbonyl (C=O) groups excluding carboxylic acids is 1. The van der Waals surface area contributed by atoms with Crippen LogP contribution in [-0.2, 0) is 6.54 Å². The summed E-state index contributed by atoms with van der Waals surface area (Å²) in [5.41, 5.74) is 3.19. The fourth-order valence-corrected chi connectivity index (χ4v) is 4.17. The Bertz CT molecular complexity index is 751. The van der Waals surface area contributed by atoms with Gasteiger partial charge in [0, 0.05) is 31.2 Å². The SMILES string of the molecule is O=C(c1ccc(CN2CCC[C@H]2c2ccc(F)cc2)cc1)N1CCCC1. The smallest absolute Gasteiger partial charge is 0.253 e. The molecule has 2 aliphatic heterocycles. The van der Waals surface area contributed by atoms with E-state index in [9.17, 15) is 9.18 Å².